The van der Waals surface area contributed by atoms with Crippen molar-refractivity contribution in [1.29, 1.82) is 0 Å². The minimum absolute atomic E-state index is 0.0351. The largest absolute Gasteiger partial charge is 0.451 e. The first-order chi connectivity index (χ1) is 8.29. The molecule has 1 aromatic heterocycles. The smallest absolute Gasteiger partial charge is 0.399 e. The zero-order chi connectivity index (χ0) is 13.5. The van der Waals surface area contributed by atoms with E-state index in [1.807, 2.05) is 0 Å². The molecule has 2 rings (SSSR count). The molecule has 2 aromatic rings. The third-order valence-corrected chi connectivity index (χ3v) is 2.54. The molecule has 0 unspecified atom stereocenters. The Kier molecular flexibility index (Phi) is 2.76. The minimum atomic E-state index is -4.51. The summed E-state index contributed by atoms with van der Waals surface area (Å²) in [7, 11) is 1.21. The highest BCUT2D eigenvalue weighted by Crippen LogP contribution is 2.29. The fourth-order valence-corrected chi connectivity index (χ4v) is 1.57. The molecule has 1 heterocycles. The van der Waals surface area contributed by atoms with Crippen molar-refractivity contribution in [3.05, 3.63) is 29.6 Å². The first kappa shape index (κ1) is 12.4. The maximum atomic E-state index is 12.6. The van der Waals surface area contributed by atoms with Crippen LogP contribution in [0.15, 0.2) is 18.2 Å². The number of aryl methyl sites for hydroxylation is 2. The van der Waals surface area contributed by atoms with Crippen molar-refractivity contribution in [1.82, 2.24) is 14.8 Å². The quantitative estimate of drug-likeness (QED) is 0.797. The zero-order valence-corrected chi connectivity index (χ0v) is 9.78. The molecule has 0 spiro atoms. The van der Waals surface area contributed by atoms with E-state index in [1.165, 1.54) is 7.05 Å². The molecular weight excluding hydrogens is 245 g/mol. The Bertz CT molecular complexity index is 586. The van der Waals surface area contributed by atoms with Crippen LogP contribution in [-0.4, -0.2) is 14.8 Å². The van der Waals surface area contributed by atoms with Gasteiger partial charge in [0, 0.05) is 18.3 Å². The monoisotopic (exact) mass is 256 g/mol. The van der Waals surface area contributed by atoms with Crippen LogP contribution >= 0.6 is 0 Å². The van der Waals surface area contributed by atoms with Crippen LogP contribution in [0.5, 0.6) is 0 Å². The van der Waals surface area contributed by atoms with Crippen LogP contribution in [0.1, 0.15) is 11.4 Å². The molecule has 2 N–H and O–H groups in total. The molecule has 0 fully saturated rings. The topological polar surface area (TPSA) is 56.7 Å². The molecular formula is C11H11F3N4. The Morgan fingerprint density at radius 3 is 2.44 bits per heavy atom. The van der Waals surface area contributed by atoms with Crippen molar-refractivity contribution in [3.63, 3.8) is 0 Å². The Morgan fingerprint density at radius 1 is 1.28 bits per heavy atom. The van der Waals surface area contributed by atoms with Crippen LogP contribution in [0.2, 0.25) is 0 Å². The molecule has 0 aliphatic heterocycles. The van der Waals surface area contributed by atoms with Crippen LogP contribution in [0.3, 0.4) is 0 Å². The summed E-state index contributed by atoms with van der Waals surface area (Å²) in [6.07, 6.45) is -4.51. The summed E-state index contributed by atoms with van der Waals surface area (Å²) in [5.74, 6) is -0.986. The highest BCUT2D eigenvalue weighted by atomic mass is 19.4. The van der Waals surface area contributed by atoms with Gasteiger partial charge in [0.15, 0.2) is 5.82 Å². The summed E-state index contributed by atoms with van der Waals surface area (Å²) in [4.78, 5) is 3.51. The molecule has 0 bridgehead atoms. The lowest BCUT2D eigenvalue weighted by molar-refractivity contribution is -0.147. The van der Waals surface area contributed by atoms with E-state index in [4.69, 9.17) is 5.73 Å². The number of hydrogen-bond donors (Lipinski definition) is 1. The molecule has 0 saturated carbocycles. The van der Waals surface area contributed by atoms with E-state index in [-0.39, 0.29) is 5.82 Å². The minimum Gasteiger partial charge on any atom is -0.399 e. The standard InChI is InChI=1S/C11H11F3N4/c1-6-5-7(3-4-8(6)15)9-16-10(11(12,13)14)18(2)17-9/h3-5H,15H2,1-2H3. The van der Waals surface area contributed by atoms with Crippen molar-refractivity contribution in [2.45, 2.75) is 13.1 Å². The van der Waals surface area contributed by atoms with Gasteiger partial charge < -0.3 is 5.73 Å². The fraction of sp³-hybridized carbons (Fsp3) is 0.273. The van der Waals surface area contributed by atoms with Gasteiger partial charge in [0.2, 0.25) is 5.82 Å². The SMILES string of the molecule is Cc1cc(-c2nc(C(F)(F)F)n(C)n2)ccc1N. The summed E-state index contributed by atoms with van der Waals surface area (Å²) in [6.45, 7) is 1.77. The molecule has 96 valence electrons. The number of hydrogen-bond acceptors (Lipinski definition) is 3. The summed E-state index contributed by atoms with van der Waals surface area (Å²) in [5.41, 5.74) is 7.50. The summed E-state index contributed by atoms with van der Waals surface area (Å²) >= 11 is 0. The molecule has 0 amide bonds. The van der Waals surface area contributed by atoms with Gasteiger partial charge in [-0.05, 0) is 30.7 Å². The van der Waals surface area contributed by atoms with E-state index in [2.05, 4.69) is 10.1 Å². The van der Waals surface area contributed by atoms with E-state index >= 15 is 0 Å². The van der Waals surface area contributed by atoms with E-state index < -0.39 is 12.0 Å². The highest BCUT2D eigenvalue weighted by Gasteiger charge is 2.37. The van der Waals surface area contributed by atoms with Crippen molar-refractivity contribution in [3.8, 4) is 11.4 Å². The Hall–Kier alpha value is -2.05. The van der Waals surface area contributed by atoms with Gasteiger partial charge in [0.25, 0.3) is 0 Å². The Balaban J connectivity index is 2.49. The van der Waals surface area contributed by atoms with E-state index in [0.29, 0.717) is 11.3 Å². The number of nitrogens with zero attached hydrogens (tertiary/aromatic N) is 3. The molecule has 1 aromatic carbocycles. The lowest BCUT2D eigenvalue weighted by Gasteiger charge is -2.02. The van der Waals surface area contributed by atoms with Gasteiger partial charge in [-0.15, -0.1) is 0 Å². The van der Waals surface area contributed by atoms with E-state index in [1.54, 1.807) is 25.1 Å². The lowest BCUT2D eigenvalue weighted by atomic mass is 10.1. The first-order valence-electron chi connectivity index (χ1n) is 5.14. The number of halogens is 3. The van der Waals surface area contributed by atoms with Gasteiger partial charge in [-0.2, -0.15) is 18.3 Å². The van der Waals surface area contributed by atoms with Gasteiger partial charge in [0.1, 0.15) is 0 Å². The predicted octanol–water partition coefficient (Wildman–Crippen LogP) is 2.39. The third kappa shape index (κ3) is 2.15. The summed E-state index contributed by atoms with van der Waals surface area (Å²) in [5, 5.41) is 3.76. The third-order valence-electron chi connectivity index (χ3n) is 2.54. The molecule has 0 aliphatic carbocycles. The van der Waals surface area contributed by atoms with Gasteiger partial charge in [0.05, 0.1) is 0 Å². The average molecular weight is 256 g/mol. The van der Waals surface area contributed by atoms with Crippen LogP contribution < -0.4 is 5.73 Å². The molecule has 0 aliphatic rings. The molecule has 0 atom stereocenters. The van der Waals surface area contributed by atoms with Gasteiger partial charge in [-0.25, -0.2) is 9.67 Å². The maximum Gasteiger partial charge on any atom is 0.451 e. The van der Waals surface area contributed by atoms with Crippen molar-refractivity contribution in [2.75, 3.05) is 5.73 Å². The van der Waals surface area contributed by atoms with Gasteiger partial charge in [-0.1, -0.05) is 0 Å². The number of aromatic nitrogens is 3. The summed E-state index contributed by atoms with van der Waals surface area (Å²) in [6, 6.07) is 4.87. The van der Waals surface area contributed by atoms with Crippen molar-refractivity contribution in [2.24, 2.45) is 7.05 Å². The molecule has 7 heteroatoms. The molecule has 0 saturated heterocycles. The molecule has 0 radical (unpaired) electrons. The van der Waals surface area contributed by atoms with Crippen molar-refractivity contribution >= 4 is 5.69 Å². The lowest BCUT2D eigenvalue weighted by Crippen LogP contribution is -2.13. The van der Waals surface area contributed by atoms with Crippen LogP contribution in [0.25, 0.3) is 11.4 Å². The highest BCUT2D eigenvalue weighted by molar-refractivity contribution is 5.61. The number of nitrogens with two attached hydrogens (primary N) is 1. The predicted molar refractivity (Wildman–Crippen MR) is 60.6 cm³/mol. The average Bonchev–Trinajstić information content (AvgIpc) is 2.64. The second-order valence-electron chi connectivity index (χ2n) is 3.95. The van der Waals surface area contributed by atoms with Crippen LogP contribution in [0, 0.1) is 6.92 Å². The zero-order valence-electron chi connectivity index (χ0n) is 9.78. The van der Waals surface area contributed by atoms with Gasteiger partial charge in [-0.3, -0.25) is 0 Å². The maximum absolute atomic E-state index is 12.6. The van der Waals surface area contributed by atoms with E-state index in [0.717, 1.165) is 10.2 Å². The number of anilines is 1. The van der Waals surface area contributed by atoms with Gasteiger partial charge >= 0.3 is 6.18 Å². The molecule has 4 nitrogen and oxygen atoms in total. The number of alkyl halides is 3. The van der Waals surface area contributed by atoms with Crippen LogP contribution in [0.4, 0.5) is 18.9 Å². The van der Waals surface area contributed by atoms with Crippen molar-refractivity contribution < 1.29 is 13.2 Å². The fourth-order valence-electron chi connectivity index (χ4n) is 1.57. The number of rotatable bonds is 1. The normalized spacial score (nSPS) is 11.8. The number of nitrogen functional groups attached to an aromatic ring is 1. The Morgan fingerprint density at radius 2 is 1.94 bits per heavy atom. The molecule has 18 heavy (non-hydrogen) atoms. The van der Waals surface area contributed by atoms with Crippen LogP contribution in [-0.2, 0) is 13.2 Å². The van der Waals surface area contributed by atoms with E-state index in [9.17, 15) is 13.2 Å². The second-order valence-corrected chi connectivity index (χ2v) is 3.95. The first-order valence-corrected chi connectivity index (χ1v) is 5.14. The number of benzene rings is 1. The summed E-state index contributed by atoms with van der Waals surface area (Å²) < 4.78 is 38.5. The Labute approximate surface area is 101 Å². The second kappa shape index (κ2) is 4.01.